The summed E-state index contributed by atoms with van der Waals surface area (Å²) in [6, 6.07) is 3.15. The van der Waals surface area contributed by atoms with Gasteiger partial charge in [-0.05, 0) is 25.4 Å². The summed E-state index contributed by atoms with van der Waals surface area (Å²) in [6.45, 7) is 4.56. The van der Waals surface area contributed by atoms with E-state index in [2.05, 4.69) is 4.98 Å². The normalized spacial score (nSPS) is 19.4. The highest BCUT2D eigenvalue weighted by Crippen LogP contribution is 2.14. The van der Waals surface area contributed by atoms with Gasteiger partial charge in [-0.15, -0.1) is 0 Å². The lowest BCUT2D eigenvalue weighted by Gasteiger charge is -2.40. The van der Waals surface area contributed by atoms with Crippen molar-refractivity contribution in [3.05, 3.63) is 30.1 Å². The minimum atomic E-state index is -0.609. The average Bonchev–Trinajstić information content (AvgIpc) is 2.47. The van der Waals surface area contributed by atoms with Crippen LogP contribution in [0.15, 0.2) is 24.5 Å². The van der Waals surface area contributed by atoms with Crippen molar-refractivity contribution in [3.8, 4) is 0 Å². The minimum absolute atomic E-state index is 0.0557. The Bertz CT molecular complexity index is 509. The van der Waals surface area contributed by atoms with E-state index in [4.69, 9.17) is 0 Å². The van der Waals surface area contributed by atoms with Crippen LogP contribution in [0.5, 0.6) is 0 Å². The van der Waals surface area contributed by atoms with Gasteiger partial charge in [-0.3, -0.25) is 14.6 Å². The van der Waals surface area contributed by atoms with E-state index in [-0.39, 0.29) is 18.1 Å². The zero-order valence-electron chi connectivity index (χ0n) is 12.4. The molecule has 0 saturated carbocycles. The first kappa shape index (κ1) is 15.7. The molecule has 2 rings (SSSR count). The molecule has 1 saturated heterocycles. The number of pyridine rings is 1. The molecular weight excluding hydrogens is 269 g/mol. The van der Waals surface area contributed by atoms with Gasteiger partial charge in [0, 0.05) is 32.0 Å². The van der Waals surface area contributed by atoms with Gasteiger partial charge in [0.15, 0.2) is 5.78 Å². The van der Waals surface area contributed by atoms with Crippen LogP contribution >= 0.6 is 0 Å². The van der Waals surface area contributed by atoms with Gasteiger partial charge in [0.1, 0.15) is 6.04 Å². The predicted molar refractivity (Wildman–Crippen MR) is 79.5 cm³/mol. The lowest BCUT2D eigenvalue weighted by atomic mass is 9.83. The molecule has 1 aliphatic rings. The van der Waals surface area contributed by atoms with Crippen LogP contribution in [0.4, 0.5) is 0 Å². The summed E-state index contributed by atoms with van der Waals surface area (Å²) in [5, 5.41) is 9.64. The Kier molecular flexibility index (Phi) is 5.09. The third-order valence-electron chi connectivity index (χ3n) is 3.81. The summed E-state index contributed by atoms with van der Waals surface area (Å²) in [5.74, 6) is -0.131. The molecule has 1 atom stereocenters. The van der Waals surface area contributed by atoms with Crippen LogP contribution in [0.25, 0.3) is 0 Å². The molecule has 1 aromatic rings. The first-order valence-corrected chi connectivity index (χ1v) is 7.10. The number of nitrogens with zero attached hydrogens (tertiary/aromatic N) is 3. The topological polar surface area (TPSA) is 73.7 Å². The summed E-state index contributed by atoms with van der Waals surface area (Å²) in [5.41, 5.74) is 0.836. The van der Waals surface area contributed by atoms with Crippen LogP contribution in [-0.2, 0) is 16.0 Å². The van der Waals surface area contributed by atoms with Crippen LogP contribution in [0.2, 0.25) is 6.82 Å². The number of rotatable bonds is 4. The summed E-state index contributed by atoms with van der Waals surface area (Å²) in [6.07, 6.45) is 3.56. The predicted octanol–water partition coefficient (Wildman–Crippen LogP) is -0.164. The van der Waals surface area contributed by atoms with E-state index < -0.39 is 13.1 Å². The van der Waals surface area contributed by atoms with Crippen LogP contribution in [0.3, 0.4) is 0 Å². The Hall–Kier alpha value is -1.73. The molecule has 112 valence electrons. The lowest BCUT2D eigenvalue weighted by molar-refractivity contribution is -0.140. The highest BCUT2D eigenvalue weighted by atomic mass is 16.2. The van der Waals surface area contributed by atoms with Gasteiger partial charge in [-0.25, -0.2) is 0 Å². The SMILES string of the molecule is CB(O)N1CCN(C(=O)Cc2cccnc2)C(C(C)=O)C1. The van der Waals surface area contributed by atoms with Gasteiger partial charge < -0.3 is 14.7 Å². The molecule has 1 unspecified atom stereocenters. The quantitative estimate of drug-likeness (QED) is 0.779. The minimum Gasteiger partial charge on any atom is -0.437 e. The van der Waals surface area contributed by atoms with Crippen LogP contribution in [0.1, 0.15) is 12.5 Å². The van der Waals surface area contributed by atoms with E-state index in [0.717, 1.165) is 5.56 Å². The Labute approximate surface area is 124 Å². The highest BCUT2D eigenvalue weighted by molar-refractivity contribution is 6.45. The maximum Gasteiger partial charge on any atom is 0.376 e. The van der Waals surface area contributed by atoms with Gasteiger partial charge in [-0.1, -0.05) is 6.07 Å². The van der Waals surface area contributed by atoms with Gasteiger partial charge >= 0.3 is 7.05 Å². The molecule has 0 aliphatic carbocycles. The number of amides is 1. The largest absolute Gasteiger partial charge is 0.437 e. The Morgan fingerprint density at radius 3 is 2.81 bits per heavy atom. The van der Waals surface area contributed by atoms with E-state index in [0.29, 0.717) is 19.6 Å². The Morgan fingerprint density at radius 1 is 1.48 bits per heavy atom. The summed E-state index contributed by atoms with van der Waals surface area (Å²) in [7, 11) is -0.609. The van der Waals surface area contributed by atoms with E-state index in [9.17, 15) is 14.6 Å². The molecule has 2 heterocycles. The van der Waals surface area contributed by atoms with Gasteiger partial charge in [-0.2, -0.15) is 0 Å². The second kappa shape index (κ2) is 6.82. The first-order chi connectivity index (χ1) is 9.99. The number of hydrogen-bond acceptors (Lipinski definition) is 5. The van der Waals surface area contributed by atoms with E-state index in [1.807, 2.05) is 6.07 Å². The molecule has 0 spiro atoms. The number of carbonyl (C=O) groups is 2. The van der Waals surface area contributed by atoms with Gasteiger partial charge in [0.2, 0.25) is 5.91 Å². The zero-order chi connectivity index (χ0) is 15.4. The van der Waals surface area contributed by atoms with Crippen molar-refractivity contribution in [2.24, 2.45) is 0 Å². The molecule has 1 fully saturated rings. The van der Waals surface area contributed by atoms with Crippen LogP contribution < -0.4 is 0 Å². The number of hydrogen-bond donors (Lipinski definition) is 1. The second-order valence-electron chi connectivity index (χ2n) is 5.38. The molecule has 1 aromatic heterocycles. The number of Topliss-reactive ketones (excluding diaryl/α,β-unsaturated/α-hetero) is 1. The average molecular weight is 289 g/mol. The highest BCUT2D eigenvalue weighted by Gasteiger charge is 2.35. The van der Waals surface area contributed by atoms with Crippen molar-refractivity contribution in [3.63, 3.8) is 0 Å². The molecule has 0 radical (unpaired) electrons. The fourth-order valence-electron chi connectivity index (χ4n) is 2.57. The molecule has 6 nitrogen and oxygen atoms in total. The molecule has 7 heteroatoms. The molecule has 1 N–H and O–H groups in total. The molecule has 0 aromatic carbocycles. The first-order valence-electron chi connectivity index (χ1n) is 7.10. The monoisotopic (exact) mass is 289 g/mol. The third-order valence-corrected chi connectivity index (χ3v) is 3.81. The number of aromatic nitrogens is 1. The van der Waals surface area contributed by atoms with Crippen molar-refractivity contribution in [1.82, 2.24) is 14.7 Å². The molecular formula is C14H20BN3O3. The Balaban J connectivity index is 2.07. The van der Waals surface area contributed by atoms with E-state index in [1.54, 1.807) is 35.0 Å². The fraction of sp³-hybridized carbons (Fsp3) is 0.500. The third kappa shape index (κ3) is 3.89. The standard InChI is InChI=1S/C14H20BN3O3/c1-11(19)13-10-17(15(2)21)6-7-18(13)14(20)8-12-4-3-5-16-9-12/h3-5,9,13,21H,6-8,10H2,1-2H3. The number of carbonyl (C=O) groups excluding carboxylic acids is 2. The number of ketones is 1. The van der Waals surface area contributed by atoms with Crippen molar-refractivity contribution < 1.29 is 14.6 Å². The maximum absolute atomic E-state index is 12.4. The molecule has 0 bridgehead atoms. The fourth-order valence-corrected chi connectivity index (χ4v) is 2.57. The second-order valence-corrected chi connectivity index (χ2v) is 5.38. The van der Waals surface area contributed by atoms with E-state index >= 15 is 0 Å². The molecule has 21 heavy (non-hydrogen) atoms. The van der Waals surface area contributed by atoms with Crippen LogP contribution in [0, 0.1) is 0 Å². The van der Waals surface area contributed by atoms with Crippen molar-refractivity contribution in [2.45, 2.75) is 26.2 Å². The smallest absolute Gasteiger partial charge is 0.376 e. The van der Waals surface area contributed by atoms with Crippen LogP contribution in [-0.4, -0.2) is 64.1 Å². The summed E-state index contributed by atoms with van der Waals surface area (Å²) < 4.78 is 0. The summed E-state index contributed by atoms with van der Waals surface area (Å²) >= 11 is 0. The molecule has 1 amide bonds. The van der Waals surface area contributed by atoms with Gasteiger partial charge in [0.25, 0.3) is 0 Å². The Morgan fingerprint density at radius 2 is 2.24 bits per heavy atom. The molecule has 1 aliphatic heterocycles. The maximum atomic E-state index is 12.4. The van der Waals surface area contributed by atoms with Crippen molar-refractivity contribution in [1.29, 1.82) is 0 Å². The van der Waals surface area contributed by atoms with E-state index in [1.165, 1.54) is 6.92 Å². The zero-order valence-corrected chi connectivity index (χ0v) is 12.4. The number of piperazine rings is 1. The van der Waals surface area contributed by atoms with Crippen molar-refractivity contribution in [2.75, 3.05) is 19.6 Å². The summed E-state index contributed by atoms with van der Waals surface area (Å²) in [4.78, 5) is 31.7. The van der Waals surface area contributed by atoms with Gasteiger partial charge in [0.05, 0.1) is 6.42 Å². The van der Waals surface area contributed by atoms with Crippen molar-refractivity contribution >= 4 is 18.7 Å². The lowest BCUT2D eigenvalue weighted by Crippen LogP contribution is -2.60.